The Labute approximate surface area is 146 Å². The Kier molecular flexibility index (Phi) is 3.80. The second kappa shape index (κ2) is 6.00. The zero-order valence-electron chi connectivity index (χ0n) is 14.7. The molecular formula is C18H22N6O. The molecule has 25 heavy (non-hydrogen) atoms. The first-order chi connectivity index (χ1) is 12.1. The number of nitrogens with two attached hydrogens (primary N) is 1. The van der Waals surface area contributed by atoms with E-state index in [2.05, 4.69) is 40.9 Å². The fourth-order valence-corrected chi connectivity index (χ4v) is 3.47. The van der Waals surface area contributed by atoms with Gasteiger partial charge in [-0.25, -0.2) is 4.98 Å². The molecule has 0 radical (unpaired) electrons. The van der Waals surface area contributed by atoms with E-state index >= 15 is 0 Å². The van der Waals surface area contributed by atoms with Crippen molar-refractivity contribution < 1.29 is 4.74 Å². The summed E-state index contributed by atoms with van der Waals surface area (Å²) < 4.78 is 5.58. The van der Waals surface area contributed by atoms with Crippen LogP contribution >= 0.6 is 0 Å². The van der Waals surface area contributed by atoms with E-state index in [4.69, 9.17) is 15.5 Å². The minimum absolute atomic E-state index is 0.279. The second-order valence-corrected chi connectivity index (χ2v) is 6.56. The summed E-state index contributed by atoms with van der Waals surface area (Å²) in [7, 11) is 0. The van der Waals surface area contributed by atoms with E-state index in [0.29, 0.717) is 18.9 Å². The molecule has 0 aromatic carbocycles. The molecule has 3 N–H and O–H groups in total. The molecule has 3 aromatic heterocycles. The Hall–Kier alpha value is -2.67. The topological polar surface area (TPSA) is 93.0 Å². The van der Waals surface area contributed by atoms with Crippen molar-refractivity contribution in [2.45, 2.75) is 26.8 Å². The largest absolute Gasteiger partial charge is 0.397 e. The summed E-state index contributed by atoms with van der Waals surface area (Å²) in [6, 6.07) is 2.17. The minimum atomic E-state index is 0.279. The first-order valence-electron chi connectivity index (χ1n) is 8.47. The Morgan fingerprint density at radius 1 is 1.32 bits per heavy atom. The summed E-state index contributed by atoms with van der Waals surface area (Å²) in [5.41, 5.74) is 11.6. The van der Waals surface area contributed by atoms with Crippen LogP contribution in [0.5, 0.6) is 0 Å². The van der Waals surface area contributed by atoms with Crippen molar-refractivity contribution >= 4 is 22.4 Å². The molecule has 0 spiro atoms. The number of H-pyrrole nitrogens is 1. The third-order valence-corrected chi connectivity index (χ3v) is 4.97. The second-order valence-electron chi connectivity index (χ2n) is 6.56. The van der Waals surface area contributed by atoms with Crippen LogP contribution in [0.1, 0.15) is 18.1 Å². The number of morpholine rings is 1. The van der Waals surface area contributed by atoms with Gasteiger partial charge >= 0.3 is 0 Å². The Morgan fingerprint density at radius 3 is 2.88 bits per heavy atom. The predicted octanol–water partition coefficient (Wildman–Crippen LogP) is 2.44. The number of nitrogens with zero attached hydrogens (tertiary/aromatic N) is 4. The molecule has 4 heterocycles. The lowest BCUT2D eigenvalue weighted by Gasteiger charge is -2.35. The summed E-state index contributed by atoms with van der Waals surface area (Å²) in [6.45, 7) is 8.62. The van der Waals surface area contributed by atoms with Crippen LogP contribution in [0.25, 0.3) is 22.3 Å². The quantitative estimate of drug-likeness (QED) is 0.745. The number of pyridine rings is 2. The Bertz CT molecular complexity index is 921. The van der Waals surface area contributed by atoms with E-state index in [1.54, 1.807) is 12.4 Å². The lowest BCUT2D eigenvalue weighted by molar-refractivity contribution is 0.0985. The lowest BCUT2D eigenvalue weighted by atomic mass is 10.0. The van der Waals surface area contributed by atoms with E-state index in [1.807, 2.05) is 6.07 Å². The predicted molar refractivity (Wildman–Crippen MR) is 98.6 cm³/mol. The lowest BCUT2D eigenvalue weighted by Crippen LogP contribution is -2.44. The van der Waals surface area contributed by atoms with Gasteiger partial charge in [-0.3, -0.25) is 10.1 Å². The highest BCUT2D eigenvalue weighted by atomic mass is 16.5. The fraction of sp³-hybridized carbons (Fsp3) is 0.389. The molecule has 7 heteroatoms. The van der Waals surface area contributed by atoms with Crippen molar-refractivity contribution in [1.29, 1.82) is 0 Å². The third kappa shape index (κ3) is 2.51. The summed E-state index contributed by atoms with van der Waals surface area (Å²) in [4.78, 5) is 11.8. The maximum Gasteiger partial charge on any atom is 0.132 e. The molecule has 7 nitrogen and oxygen atoms in total. The van der Waals surface area contributed by atoms with Crippen LogP contribution in [0.2, 0.25) is 0 Å². The third-order valence-electron chi connectivity index (χ3n) is 4.97. The number of nitrogens with one attached hydrogen (secondary N) is 1. The standard InChI is InChI=1S/C18H22N6O/c1-10-9-25-7-6-24(10)18-12(3)11(2)15-13(19)8-20-16(17(15)22-18)14-4-5-21-23-14/h4-5,8,10H,6-7,9,19H2,1-3H3,(H,21,23)/t10-/m1/s1. The smallest absolute Gasteiger partial charge is 0.132 e. The average Bonchev–Trinajstić information content (AvgIpc) is 3.13. The van der Waals surface area contributed by atoms with Crippen molar-refractivity contribution in [2.24, 2.45) is 0 Å². The Morgan fingerprint density at radius 2 is 2.16 bits per heavy atom. The number of ether oxygens (including phenoxy) is 1. The van der Waals surface area contributed by atoms with Crippen molar-refractivity contribution in [3.05, 3.63) is 29.6 Å². The van der Waals surface area contributed by atoms with Gasteiger partial charge in [-0.05, 0) is 38.0 Å². The number of nitrogen functional groups attached to an aromatic ring is 1. The zero-order chi connectivity index (χ0) is 17.6. The number of anilines is 2. The molecule has 1 saturated heterocycles. The normalized spacial score (nSPS) is 18.0. The summed E-state index contributed by atoms with van der Waals surface area (Å²) >= 11 is 0. The first kappa shape index (κ1) is 15.8. The van der Waals surface area contributed by atoms with Crippen molar-refractivity contribution in [2.75, 3.05) is 30.4 Å². The molecule has 0 aliphatic carbocycles. The van der Waals surface area contributed by atoms with Crippen molar-refractivity contribution in [3.63, 3.8) is 0 Å². The van der Waals surface area contributed by atoms with Gasteiger partial charge in [-0.1, -0.05) is 0 Å². The number of rotatable bonds is 2. The molecule has 1 atom stereocenters. The number of aryl methyl sites for hydroxylation is 1. The maximum atomic E-state index is 6.24. The number of aromatic nitrogens is 4. The summed E-state index contributed by atoms with van der Waals surface area (Å²) in [5.74, 6) is 0.981. The molecule has 0 saturated carbocycles. The first-order valence-corrected chi connectivity index (χ1v) is 8.47. The molecular weight excluding hydrogens is 316 g/mol. The SMILES string of the molecule is Cc1c(N2CCOC[C@H]2C)nc2c(-c3ccn[nH]3)ncc(N)c2c1C. The molecule has 4 rings (SSSR count). The number of hydrogen-bond acceptors (Lipinski definition) is 6. The van der Waals surface area contributed by atoms with Gasteiger partial charge in [-0.15, -0.1) is 0 Å². The molecule has 1 fully saturated rings. The molecule has 130 valence electrons. The van der Waals surface area contributed by atoms with E-state index in [0.717, 1.165) is 45.8 Å². The van der Waals surface area contributed by atoms with Gasteiger partial charge in [0, 0.05) is 18.1 Å². The van der Waals surface area contributed by atoms with Crippen LogP contribution in [0, 0.1) is 13.8 Å². The summed E-state index contributed by atoms with van der Waals surface area (Å²) in [5, 5.41) is 7.98. The fourth-order valence-electron chi connectivity index (χ4n) is 3.47. The van der Waals surface area contributed by atoms with Crippen LogP contribution in [-0.4, -0.2) is 46.0 Å². The highest BCUT2D eigenvalue weighted by Gasteiger charge is 2.25. The monoisotopic (exact) mass is 338 g/mol. The van der Waals surface area contributed by atoms with Crippen LogP contribution in [0.3, 0.4) is 0 Å². The Balaban J connectivity index is 2.00. The van der Waals surface area contributed by atoms with Gasteiger partial charge in [0.2, 0.25) is 0 Å². The molecule has 0 bridgehead atoms. The number of fused-ring (bicyclic) bond motifs is 1. The van der Waals surface area contributed by atoms with Gasteiger partial charge in [0.1, 0.15) is 17.0 Å². The van der Waals surface area contributed by atoms with Gasteiger partial charge in [0.15, 0.2) is 0 Å². The van der Waals surface area contributed by atoms with E-state index in [1.165, 1.54) is 0 Å². The highest BCUT2D eigenvalue weighted by molar-refractivity contribution is 6.01. The van der Waals surface area contributed by atoms with Gasteiger partial charge in [-0.2, -0.15) is 5.10 Å². The summed E-state index contributed by atoms with van der Waals surface area (Å²) in [6.07, 6.45) is 3.41. The van der Waals surface area contributed by atoms with Crippen LogP contribution in [-0.2, 0) is 4.74 Å². The van der Waals surface area contributed by atoms with Crippen LogP contribution in [0.4, 0.5) is 11.5 Å². The van der Waals surface area contributed by atoms with Crippen LogP contribution in [0.15, 0.2) is 18.5 Å². The maximum absolute atomic E-state index is 6.24. The van der Waals surface area contributed by atoms with Crippen molar-refractivity contribution in [1.82, 2.24) is 20.2 Å². The molecule has 0 unspecified atom stereocenters. The average molecular weight is 338 g/mol. The highest BCUT2D eigenvalue weighted by Crippen LogP contribution is 2.35. The molecule has 3 aromatic rings. The van der Waals surface area contributed by atoms with E-state index in [9.17, 15) is 0 Å². The van der Waals surface area contributed by atoms with Gasteiger partial charge < -0.3 is 15.4 Å². The zero-order valence-corrected chi connectivity index (χ0v) is 14.7. The minimum Gasteiger partial charge on any atom is -0.397 e. The number of hydrogen-bond donors (Lipinski definition) is 2. The van der Waals surface area contributed by atoms with E-state index < -0.39 is 0 Å². The van der Waals surface area contributed by atoms with Crippen molar-refractivity contribution in [3.8, 4) is 11.4 Å². The molecule has 0 amide bonds. The molecule has 1 aliphatic rings. The van der Waals surface area contributed by atoms with Gasteiger partial charge in [0.05, 0.1) is 36.8 Å². The number of aromatic amines is 1. The molecule has 1 aliphatic heterocycles. The van der Waals surface area contributed by atoms with E-state index in [-0.39, 0.29) is 6.04 Å². The van der Waals surface area contributed by atoms with Gasteiger partial charge in [0.25, 0.3) is 0 Å². The van der Waals surface area contributed by atoms with Crippen LogP contribution < -0.4 is 10.6 Å².